The van der Waals surface area contributed by atoms with Crippen LogP contribution in [0.4, 0.5) is 4.79 Å². The molecule has 0 aromatic heterocycles. The summed E-state index contributed by atoms with van der Waals surface area (Å²) >= 11 is 0. The van der Waals surface area contributed by atoms with E-state index in [4.69, 9.17) is 4.74 Å². The number of carbonyl (C=O) groups excluding carboxylic acids is 1. The summed E-state index contributed by atoms with van der Waals surface area (Å²) in [6, 6.07) is 17.3. The highest BCUT2D eigenvalue weighted by Crippen LogP contribution is 2.13. The number of nitrogens with one attached hydrogen (secondary N) is 2. The Bertz CT molecular complexity index is 584. The fourth-order valence-electron chi connectivity index (χ4n) is 2.04. The number of hydrogen-bond donors (Lipinski definition) is 2. The first kappa shape index (κ1) is 14.9. The van der Waals surface area contributed by atoms with Crippen molar-refractivity contribution in [2.75, 3.05) is 7.11 Å². The molecule has 0 saturated heterocycles. The van der Waals surface area contributed by atoms with Gasteiger partial charge in [-0.3, -0.25) is 0 Å². The smallest absolute Gasteiger partial charge is 0.315 e. The second-order valence-corrected chi connectivity index (χ2v) is 4.81. The molecule has 21 heavy (non-hydrogen) atoms. The summed E-state index contributed by atoms with van der Waals surface area (Å²) in [5, 5.41) is 5.76. The van der Waals surface area contributed by atoms with Gasteiger partial charge in [-0.2, -0.15) is 0 Å². The molecule has 0 aliphatic carbocycles. The second kappa shape index (κ2) is 7.33. The van der Waals surface area contributed by atoms with Crippen molar-refractivity contribution in [2.45, 2.75) is 19.5 Å². The van der Waals surface area contributed by atoms with E-state index in [1.54, 1.807) is 7.11 Å². The minimum absolute atomic E-state index is 0.0310. The third-order valence-corrected chi connectivity index (χ3v) is 3.23. The van der Waals surface area contributed by atoms with Crippen molar-refractivity contribution in [3.63, 3.8) is 0 Å². The molecule has 1 unspecified atom stereocenters. The molecule has 2 amide bonds. The van der Waals surface area contributed by atoms with Gasteiger partial charge in [-0.1, -0.05) is 42.5 Å². The van der Waals surface area contributed by atoms with Gasteiger partial charge < -0.3 is 15.4 Å². The lowest BCUT2D eigenvalue weighted by Crippen LogP contribution is -2.36. The summed E-state index contributed by atoms with van der Waals surface area (Å²) in [7, 11) is 1.63. The molecule has 2 aromatic carbocycles. The SMILES string of the molecule is COc1cccc(CNC(=O)NC(C)c2ccccc2)c1. The number of amides is 2. The van der Waals surface area contributed by atoms with Crippen LogP contribution in [0.15, 0.2) is 54.6 Å². The summed E-state index contributed by atoms with van der Waals surface area (Å²) in [5.41, 5.74) is 2.07. The van der Waals surface area contributed by atoms with Crippen LogP contribution in [-0.4, -0.2) is 13.1 Å². The van der Waals surface area contributed by atoms with E-state index >= 15 is 0 Å². The van der Waals surface area contributed by atoms with Crippen molar-refractivity contribution in [3.8, 4) is 5.75 Å². The van der Waals surface area contributed by atoms with Crippen molar-refractivity contribution in [3.05, 3.63) is 65.7 Å². The molecule has 2 N–H and O–H groups in total. The van der Waals surface area contributed by atoms with Crippen LogP contribution in [0.3, 0.4) is 0 Å². The standard InChI is InChI=1S/C17H20N2O2/c1-13(15-8-4-3-5-9-15)19-17(20)18-12-14-7-6-10-16(11-14)21-2/h3-11,13H,12H2,1-2H3,(H2,18,19,20). The molecule has 0 aliphatic rings. The van der Waals surface area contributed by atoms with E-state index < -0.39 is 0 Å². The zero-order valence-corrected chi connectivity index (χ0v) is 12.3. The molecular weight excluding hydrogens is 264 g/mol. The van der Waals surface area contributed by atoms with E-state index in [0.717, 1.165) is 16.9 Å². The van der Waals surface area contributed by atoms with Gasteiger partial charge in [-0.25, -0.2) is 4.79 Å². The zero-order chi connectivity index (χ0) is 15.1. The maximum absolute atomic E-state index is 11.9. The largest absolute Gasteiger partial charge is 0.497 e. The van der Waals surface area contributed by atoms with Gasteiger partial charge in [0.25, 0.3) is 0 Å². The Labute approximate surface area is 125 Å². The van der Waals surface area contributed by atoms with Crippen molar-refractivity contribution >= 4 is 6.03 Å². The highest BCUT2D eigenvalue weighted by molar-refractivity contribution is 5.74. The van der Waals surface area contributed by atoms with Crippen LogP contribution in [0, 0.1) is 0 Å². The van der Waals surface area contributed by atoms with Crippen LogP contribution in [0.2, 0.25) is 0 Å². The van der Waals surface area contributed by atoms with Gasteiger partial charge in [0.05, 0.1) is 13.2 Å². The number of rotatable bonds is 5. The summed E-state index contributed by atoms with van der Waals surface area (Å²) in [5.74, 6) is 0.785. The van der Waals surface area contributed by atoms with Crippen molar-refractivity contribution < 1.29 is 9.53 Å². The number of methoxy groups -OCH3 is 1. The number of ether oxygens (including phenoxy) is 1. The Kier molecular flexibility index (Phi) is 5.21. The molecule has 0 fully saturated rings. The number of hydrogen-bond acceptors (Lipinski definition) is 2. The molecule has 0 saturated carbocycles. The first-order valence-corrected chi connectivity index (χ1v) is 6.91. The molecule has 0 radical (unpaired) electrons. The Morgan fingerprint density at radius 3 is 2.62 bits per heavy atom. The van der Waals surface area contributed by atoms with E-state index in [-0.39, 0.29) is 12.1 Å². The summed E-state index contributed by atoms with van der Waals surface area (Å²) in [6.45, 7) is 2.42. The van der Waals surface area contributed by atoms with Crippen LogP contribution in [0.1, 0.15) is 24.1 Å². The third-order valence-electron chi connectivity index (χ3n) is 3.23. The van der Waals surface area contributed by atoms with E-state index in [9.17, 15) is 4.79 Å². The maximum Gasteiger partial charge on any atom is 0.315 e. The average molecular weight is 284 g/mol. The fraction of sp³-hybridized carbons (Fsp3) is 0.235. The fourth-order valence-corrected chi connectivity index (χ4v) is 2.04. The minimum Gasteiger partial charge on any atom is -0.497 e. The van der Waals surface area contributed by atoms with Crippen LogP contribution in [-0.2, 0) is 6.54 Å². The quantitative estimate of drug-likeness (QED) is 0.885. The molecule has 4 nitrogen and oxygen atoms in total. The number of carbonyl (C=O) groups is 1. The molecular formula is C17H20N2O2. The lowest BCUT2D eigenvalue weighted by molar-refractivity contribution is 0.237. The average Bonchev–Trinajstić information content (AvgIpc) is 2.54. The lowest BCUT2D eigenvalue weighted by Gasteiger charge is -2.15. The van der Waals surface area contributed by atoms with Crippen LogP contribution < -0.4 is 15.4 Å². The highest BCUT2D eigenvalue weighted by Gasteiger charge is 2.08. The Balaban J connectivity index is 1.84. The molecule has 0 aliphatic heterocycles. The van der Waals surface area contributed by atoms with Gasteiger partial charge in [0, 0.05) is 6.54 Å². The number of urea groups is 1. The Morgan fingerprint density at radius 1 is 1.14 bits per heavy atom. The molecule has 2 rings (SSSR count). The summed E-state index contributed by atoms with van der Waals surface area (Å²) in [4.78, 5) is 11.9. The molecule has 110 valence electrons. The van der Waals surface area contributed by atoms with Crippen LogP contribution >= 0.6 is 0 Å². The van der Waals surface area contributed by atoms with E-state index in [1.807, 2.05) is 61.5 Å². The third kappa shape index (κ3) is 4.53. The molecule has 0 spiro atoms. The van der Waals surface area contributed by atoms with Crippen molar-refractivity contribution in [2.24, 2.45) is 0 Å². The highest BCUT2D eigenvalue weighted by atomic mass is 16.5. The molecule has 0 heterocycles. The van der Waals surface area contributed by atoms with Crippen LogP contribution in [0.25, 0.3) is 0 Å². The van der Waals surface area contributed by atoms with Crippen molar-refractivity contribution in [1.29, 1.82) is 0 Å². The monoisotopic (exact) mass is 284 g/mol. The topological polar surface area (TPSA) is 50.4 Å². The zero-order valence-electron chi connectivity index (χ0n) is 12.3. The van der Waals surface area contributed by atoms with Gasteiger partial charge in [0.15, 0.2) is 0 Å². The van der Waals surface area contributed by atoms with Crippen LogP contribution in [0.5, 0.6) is 5.75 Å². The van der Waals surface area contributed by atoms with E-state index in [0.29, 0.717) is 6.54 Å². The number of benzene rings is 2. The molecule has 0 bridgehead atoms. The van der Waals surface area contributed by atoms with E-state index in [1.165, 1.54) is 0 Å². The first-order valence-electron chi connectivity index (χ1n) is 6.91. The first-order chi connectivity index (χ1) is 10.2. The minimum atomic E-state index is -0.186. The van der Waals surface area contributed by atoms with Gasteiger partial charge in [0.1, 0.15) is 5.75 Å². The van der Waals surface area contributed by atoms with Gasteiger partial charge in [-0.05, 0) is 30.2 Å². The predicted octanol–water partition coefficient (Wildman–Crippen LogP) is 3.26. The Hall–Kier alpha value is -2.49. The summed E-state index contributed by atoms with van der Waals surface area (Å²) < 4.78 is 5.16. The second-order valence-electron chi connectivity index (χ2n) is 4.81. The van der Waals surface area contributed by atoms with Gasteiger partial charge >= 0.3 is 6.03 Å². The molecule has 1 atom stereocenters. The van der Waals surface area contributed by atoms with E-state index in [2.05, 4.69) is 10.6 Å². The normalized spacial score (nSPS) is 11.5. The van der Waals surface area contributed by atoms with Crippen molar-refractivity contribution in [1.82, 2.24) is 10.6 Å². The lowest BCUT2D eigenvalue weighted by atomic mass is 10.1. The Morgan fingerprint density at radius 2 is 1.90 bits per heavy atom. The summed E-state index contributed by atoms with van der Waals surface area (Å²) in [6.07, 6.45) is 0. The molecule has 2 aromatic rings. The maximum atomic E-state index is 11.9. The predicted molar refractivity (Wildman–Crippen MR) is 83.2 cm³/mol. The molecule has 4 heteroatoms. The van der Waals surface area contributed by atoms with Gasteiger partial charge in [-0.15, -0.1) is 0 Å². The van der Waals surface area contributed by atoms with Gasteiger partial charge in [0.2, 0.25) is 0 Å².